The first-order chi connectivity index (χ1) is 9.01. The highest BCUT2D eigenvalue weighted by molar-refractivity contribution is 7.99. The van der Waals surface area contributed by atoms with E-state index in [1.807, 2.05) is 11.8 Å². The molecule has 2 N–H and O–H groups in total. The van der Waals surface area contributed by atoms with Crippen molar-refractivity contribution in [2.75, 3.05) is 0 Å². The molecule has 0 bridgehead atoms. The van der Waals surface area contributed by atoms with Crippen LogP contribution >= 0.6 is 11.8 Å². The van der Waals surface area contributed by atoms with Crippen molar-refractivity contribution in [2.24, 2.45) is 17.6 Å². The molecule has 4 nitrogen and oxygen atoms in total. The molecule has 1 heterocycles. The van der Waals surface area contributed by atoms with Gasteiger partial charge in [0.15, 0.2) is 5.16 Å². The van der Waals surface area contributed by atoms with Crippen molar-refractivity contribution in [1.82, 2.24) is 14.8 Å². The van der Waals surface area contributed by atoms with E-state index in [1.54, 1.807) is 0 Å². The highest BCUT2D eigenvalue weighted by Gasteiger charge is 2.27. The van der Waals surface area contributed by atoms with Crippen LogP contribution in [0.15, 0.2) is 5.16 Å². The number of hydrogen-bond donors (Lipinski definition) is 1. The van der Waals surface area contributed by atoms with Gasteiger partial charge in [-0.25, -0.2) is 0 Å². The minimum absolute atomic E-state index is 0.370. The Morgan fingerprint density at radius 2 is 1.84 bits per heavy atom. The Morgan fingerprint density at radius 3 is 2.37 bits per heavy atom. The van der Waals surface area contributed by atoms with Gasteiger partial charge in [-0.3, -0.25) is 0 Å². The van der Waals surface area contributed by atoms with Crippen LogP contribution in [0, 0.1) is 11.8 Å². The summed E-state index contributed by atoms with van der Waals surface area (Å²) >= 11 is 1.90. The molecule has 1 aliphatic carbocycles. The van der Waals surface area contributed by atoms with E-state index in [2.05, 4.69) is 42.5 Å². The summed E-state index contributed by atoms with van der Waals surface area (Å²) in [6.45, 7) is 9.52. The lowest BCUT2D eigenvalue weighted by Crippen LogP contribution is -2.22. The van der Waals surface area contributed by atoms with Crippen LogP contribution in [0.2, 0.25) is 0 Å². The highest BCUT2D eigenvalue weighted by atomic mass is 32.2. The first kappa shape index (κ1) is 14.9. The largest absolute Gasteiger partial charge is 0.324 e. The summed E-state index contributed by atoms with van der Waals surface area (Å²) in [4.78, 5) is 0. The lowest BCUT2D eigenvalue weighted by atomic mass is 9.83. The number of nitrogens with two attached hydrogens (primary N) is 1. The van der Waals surface area contributed by atoms with Gasteiger partial charge in [0.05, 0.1) is 6.54 Å². The quantitative estimate of drug-likeness (QED) is 0.921. The summed E-state index contributed by atoms with van der Waals surface area (Å²) in [6.07, 6.45) is 3.94. The molecule has 0 saturated heterocycles. The molecule has 0 spiro atoms. The molecule has 2 rings (SSSR count). The van der Waals surface area contributed by atoms with Gasteiger partial charge in [0, 0.05) is 11.3 Å². The number of thioether (sulfide) groups is 1. The second-order valence-electron chi connectivity index (χ2n) is 6.22. The van der Waals surface area contributed by atoms with Gasteiger partial charge in [-0.1, -0.05) is 25.6 Å². The number of aromatic nitrogens is 3. The van der Waals surface area contributed by atoms with Gasteiger partial charge in [-0.2, -0.15) is 0 Å². The van der Waals surface area contributed by atoms with Crippen LogP contribution in [0.5, 0.6) is 0 Å². The van der Waals surface area contributed by atoms with E-state index in [0.717, 1.165) is 22.8 Å². The lowest BCUT2D eigenvalue weighted by Gasteiger charge is -2.30. The fraction of sp³-hybridized carbons (Fsp3) is 0.857. The van der Waals surface area contributed by atoms with Gasteiger partial charge in [0.25, 0.3) is 0 Å². The van der Waals surface area contributed by atoms with E-state index in [4.69, 9.17) is 5.73 Å². The molecule has 2 unspecified atom stereocenters. The van der Waals surface area contributed by atoms with Crippen molar-refractivity contribution < 1.29 is 0 Å². The van der Waals surface area contributed by atoms with Crippen LogP contribution in [-0.4, -0.2) is 20.0 Å². The van der Waals surface area contributed by atoms with Gasteiger partial charge in [0.1, 0.15) is 5.82 Å². The second-order valence-corrected chi connectivity index (χ2v) is 7.49. The predicted molar refractivity (Wildman–Crippen MR) is 80.1 cm³/mol. The van der Waals surface area contributed by atoms with E-state index < -0.39 is 0 Å². The molecule has 1 aliphatic rings. The molecule has 19 heavy (non-hydrogen) atoms. The van der Waals surface area contributed by atoms with Gasteiger partial charge in [-0.05, 0) is 44.9 Å². The van der Waals surface area contributed by atoms with E-state index in [1.165, 1.54) is 19.3 Å². The molecule has 0 amide bonds. The molecule has 0 aromatic carbocycles. The molecule has 2 atom stereocenters. The van der Waals surface area contributed by atoms with Crippen molar-refractivity contribution >= 4 is 11.8 Å². The van der Waals surface area contributed by atoms with Crippen LogP contribution in [-0.2, 0) is 6.54 Å². The molecule has 1 aromatic heterocycles. The third-order valence-corrected chi connectivity index (χ3v) is 5.05. The van der Waals surface area contributed by atoms with E-state index >= 15 is 0 Å². The standard InChI is InChI=1S/C14H26N4S/c1-9(2)18-13(8-15)16-17-14(18)19-12-6-10(3)5-11(4)7-12/h9-12H,5-8,15H2,1-4H3. The molecule has 108 valence electrons. The summed E-state index contributed by atoms with van der Waals surface area (Å²) in [7, 11) is 0. The normalized spacial score (nSPS) is 28.0. The summed E-state index contributed by atoms with van der Waals surface area (Å²) < 4.78 is 2.19. The van der Waals surface area contributed by atoms with Crippen molar-refractivity contribution in [3.05, 3.63) is 5.82 Å². The number of rotatable bonds is 4. The topological polar surface area (TPSA) is 56.7 Å². The highest BCUT2D eigenvalue weighted by Crippen LogP contribution is 2.38. The Bertz CT molecular complexity index is 406. The van der Waals surface area contributed by atoms with Crippen LogP contribution < -0.4 is 5.73 Å². The number of hydrogen-bond acceptors (Lipinski definition) is 4. The molecule has 0 aliphatic heterocycles. The van der Waals surface area contributed by atoms with Crippen molar-refractivity contribution in [1.29, 1.82) is 0 Å². The molecule has 1 aromatic rings. The fourth-order valence-corrected chi connectivity index (χ4v) is 4.83. The lowest BCUT2D eigenvalue weighted by molar-refractivity contribution is 0.308. The van der Waals surface area contributed by atoms with Crippen molar-refractivity contribution in [2.45, 2.75) is 70.0 Å². The smallest absolute Gasteiger partial charge is 0.191 e. The predicted octanol–water partition coefficient (Wildman–Crippen LogP) is 3.23. The maximum Gasteiger partial charge on any atom is 0.191 e. The van der Waals surface area contributed by atoms with Crippen LogP contribution in [0.4, 0.5) is 0 Å². The van der Waals surface area contributed by atoms with Crippen LogP contribution in [0.1, 0.15) is 58.8 Å². The first-order valence-corrected chi connectivity index (χ1v) is 8.19. The Kier molecular flexibility index (Phi) is 4.90. The van der Waals surface area contributed by atoms with Gasteiger partial charge in [-0.15, -0.1) is 10.2 Å². The average Bonchev–Trinajstić information content (AvgIpc) is 2.70. The molecule has 5 heteroatoms. The van der Waals surface area contributed by atoms with Crippen molar-refractivity contribution in [3.8, 4) is 0 Å². The molecular formula is C14H26N4S. The second kappa shape index (κ2) is 6.27. The zero-order chi connectivity index (χ0) is 14.0. The monoisotopic (exact) mass is 282 g/mol. The SMILES string of the molecule is CC1CC(C)CC(Sc2nnc(CN)n2C(C)C)C1. The van der Waals surface area contributed by atoms with Gasteiger partial charge < -0.3 is 10.3 Å². The van der Waals surface area contributed by atoms with E-state index in [9.17, 15) is 0 Å². The summed E-state index contributed by atoms with van der Waals surface area (Å²) in [5.41, 5.74) is 5.75. The van der Waals surface area contributed by atoms with E-state index in [-0.39, 0.29) is 0 Å². The van der Waals surface area contributed by atoms with E-state index in [0.29, 0.717) is 17.8 Å². The first-order valence-electron chi connectivity index (χ1n) is 7.31. The van der Waals surface area contributed by atoms with Gasteiger partial charge >= 0.3 is 0 Å². The van der Waals surface area contributed by atoms with Crippen LogP contribution in [0.25, 0.3) is 0 Å². The summed E-state index contributed by atoms with van der Waals surface area (Å²) in [5.74, 6) is 2.55. The minimum atomic E-state index is 0.370. The van der Waals surface area contributed by atoms with Crippen molar-refractivity contribution in [3.63, 3.8) is 0 Å². The van der Waals surface area contributed by atoms with Gasteiger partial charge in [0.2, 0.25) is 0 Å². The Morgan fingerprint density at radius 1 is 1.21 bits per heavy atom. The fourth-order valence-electron chi connectivity index (χ4n) is 3.16. The minimum Gasteiger partial charge on any atom is -0.324 e. The molecular weight excluding hydrogens is 256 g/mol. The Labute approximate surface area is 120 Å². The third-order valence-electron chi connectivity index (χ3n) is 3.84. The Balaban J connectivity index is 2.12. The third kappa shape index (κ3) is 3.51. The maximum atomic E-state index is 5.75. The Hall–Kier alpha value is -0.550. The average molecular weight is 282 g/mol. The molecule has 0 radical (unpaired) electrons. The number of nitrogens with zero attached hydrogens (tertiary/aromatic N) is 3. The zero-order valence-corrected chi connectivity index (χ0v) is 13.3. The maximum absolute atomic E-state index is 5.75. The molecule has 1 fully saturated rings. The zero-order valence-electron chi connectivity index (χ0n) is 12.5. The molecule has 1 saturated carbocycles. The summed E-state index contributed by atoms with van der Waals surface area (Å²) in [5, 5.41) is 10.3. The summed E-state index contributed by atoms with van der Waals surface area (Å²) in [6, 6.07) is 0.370. The van der Waals surface area contributed by atoms with Crippen LogP contribution in [0.3, 0.4) is 0 Å².